The standard InChI is InChI=1S/C17H20FNO/c1-12-8-15(10-19-3)9-13(2)17(12)20-11-14-4-6-16(18)7-5-14/h4-9,19H,10-11H2,1-3H3. The van der Waals surface area contributed by atoms with Crippen molar-refractivity contribution in [2.24, 2.45) is 0 Å². The largest absolute Gasteiger partial charge is 0.488 e. The van der Waals surface area contributed by atoms with Crippen LogP contribution in [-0.4, -0.2) is 7.05 Å². The molecule has 0 aliphatic heterocycles. The topological polar surface area (TPSA) is 21.3 Å². The molecule has 20 heavy (non-hydrogen) atoms. The highest BCUT2D eigenvalue weighted by Crippen LogP contribution is 2.25. The van der Waals surface area contributed by atoms with Crippen LogP contribution in [0.2, 0.25) is 0 Å². The van der Waals surface area contributed by atoms with Crippen LogP contribution in [0.5, 0.6) is 5.75 Å². The molecule has 0 aliphatic carbocycles. The Morgan fingerprint density at radius 1 is 1.00 bits per heavy atom. The zero-order valence-corrected chi connectivity index (χ0v) is 12.2. The molecule has 106 valence electrons. The van der Waals surface area contributed by atoms with E-state index in [0.717, 1.165) is 29.0 Å². The van der Waals surface area contributed by atoms with E-state index in [1.165, 1.54) is 17.7 Å². The number of aryl methyl sites for hydroxylation is 2. The molecule has 2 aromatic rings. The van der Waals surface area contributed by atoms with Gasteiger partial charge in [-0.1, -0.05) is 24.3 Å². The molecule has 0 fully saturated rings. The quantitative estimate of drug-likeness (QED) is 0.896. The number of ether oxygens (including phenoxy) is 1. The van der Waals surface area contributed by atoms with Crippen LogP contribution in [0.3, 0.4) is 0 Å². The molecule has 0 bridgehead atoms. The summed E-state index contributed by atoms with van der Waals surface area (Å²) in [5.74, 6) is 0.687. The van der Waals surface area contributed by atoms with Crippen molar-refractivity contribution in [1.82, 2.24) is 5.32 Å². The number of hydrogen-bond donors (Lipinski definition) is 1. The third-order valence-electron chi connectivity index (χ3n) is 3.20. The average molecular weight is 273 g/mol. The first-order valence-electron chi connectivity index (χ1n) is 6.72. The Hall–Kier alpha value is -1.87. The van der Waals surface area contributed by atoms with Crippen molar-refractivity contribution in [3.63, 3.8) is 0 Å². The number of nitrogens with one attached hydrogen (secondary N) is 1. The van der Waals surface area contributed by atoms with Crippen LogP contribution in [-0.2, 0) is 13.2 Å². The molecule has 0 aliphatic rings. The summed E-state index contributed by atoms with van der Waals surface area (Å²) >= 11 is 0. The maximum atomic E-state index is 12.8. The number of hydrogen-bond acceptors (Lipinski definition) is 2. The summed E-state index contributed by atoms with van der Waals surface area (Å²) in [7, 11) is 1.93. The summed E-state index contributed by atoms with van der Waals surface area (Å²) in [5, 5.41) is 3.14. The molecular weight excluding hydrogens is 253 g/mol. The highest BCUT2D eigenvalue weighted by molar-refractivity contribution is 5.43. The van der Waals surface area contributed by atoms with Gasteiger partial charge in [0.15, 0.2) is 0 Å². The second kappa shape index (κ2) is 6.53. The fraction of sp³-hybridized carbons (Fsp3) is 0.294. The van der Waals surface area contributed by atoms with Gasteiger partial charge in [-0.15, -0.1) is 0 Å². The molecule has 2 nitrogen and oxygen atoms in total. The number of halogens is 1. The van der Waals surface area contributed by atoms with E-state index >= 15 is 0 Å². The first-order chi connectivity index (χ1) is 9.60. The molecule has 2 rings (SSSR count). The zero-order valence-electron chi connectivity index (χ0n) is 12.2. The van der Waals surface area contributed by atoms with Crippen LogP contribution < -0.4 is 10.1 Å². The highest BCUT2D eigenvalue weighted by Gasteiger charge is 2.07. The maximum Gasteiger partial charge on any atom is 0.125 e. The summed E-state index contributed by atoms with van der Waals surface area (Å²) < 4.78 is 18.7. The smallest absolute Gasteiger partial charge is 0.125 e. The lowest BCUT2D eigenvalue weighted by molar-refractivity contribution is 0.301. The average Bonchev–Trinajstić information content (AvgIpc) is 2.40. The van der Waals surface area contributed by atoms with E-state index in [-0.39, 0.29) is 5.82 Å². The minimum Gasteiger partial charge on any atom is -0.488 e. The van der Waals surface area contributed by atoms with Gasteiger partial charge in [-0.05, 0) is 55.3 Å². The third kappa shape index (κ3) is 3.58. The minimum atomic E-state index is -0.225. The maximum absolute atomic E-state index is 12.8. The lowest BCUT2D eigenvalue weighted by atomic mass is 10.1. The van der Waals surface area contributed by atoms with Gasteiger partial charge in [0, 0.05) is 6.54 Å². The molecule has 0 aromatic heterocycles. The van der Waals surface area contributed by atoms with Crippen LogP contribution in [0.15, 0.2) is 36.4 Å². The monoisotopic (exact) mass is 273 g/mol. The highest BCUT2D eigenvalue weighted by atomic mass is 19.1. The predicted molar refractivity (Wildman–Crippen MR) is 79.4 cm³/mol. The van der Waals surface area contributed by atoms with Crippen molar-refractivity contribution in [2.75, 3.05) is 7.05 Å². The fourth-order valence-electron chi connectivity index (χ4n) is 2.31. The first kappa shape index (κ1) is 14.5. The van der Waals surface area contributed by atoms with Gasteiger partial charge in [0.25, 0.3) is 0 Å². The molecule has 0 amide bonds. The summed E-state index contributed by atoms with van der Waals surface area (Å²) in [4.78, 5) is 0. The van der Waals surface area contributed by atoms with Crippen molar-refractivity contribution < 1.29 is 9.13 Å². The Bertz CT molecular complexity index is 555. The third-order valence-corrected chi connectivity index (χ3v) is 3.20. The summed E-state index contributed by atoms with van der Waals surface area (Å²) in [6, 6.07) is 10.7. The summed E-state index contributed by atoms with van der Waals surface area (Å²) in [5.41, 5.74) is 4.45. The van der Waals surface area contributed by atoms with Gasteiger partial charge in [0.2, 0.25) is 0 Å². The van der Waals surface area contributed by atoms with Crippen molar-refractivity contribution in [3.8, 4) is 5.75 Å². The molecule has 0 radical (unpaired) electrons. The Labute approximate surface area is 119 Å². The Morgan fingerprint density at radius 2 is 1.60 bits per heavy atom. The predicted octanol–water partition coefficient (Wildman–Crippen LogP) is 3.74. The van der Waals surface area contributed by atoms with Crippen LogP contribution >= 0.6 is 0 Å². The summed E-state index contributed by atoms with van der Waals surface area (Å²) in [6.07, 6.45) is 0. The molecule has 0 atom stereocenters. The number of benzene rings is 2. The molecule has 3 heteroatoms. The molecule has 1 N–H and O–H groups in total. The zero-order chi connectivity index (χ0) is 14.5. The van der Waals surface area contributed by atoms with E-state index in [0.29, 0.717) is 6.61 Å². The van der Waals surface area contributed by atoms with Gasteiger partial charge in [-0.2, -0.15) is 0 Å². The Kier molecular flexibility index (Phi) is 4.74. The van der Waals surface area contributed by atoms with Gasteiger partial charge < -0.3 is 10.1 Å². The van der Waals surface area contributed by atoms with Crippen molar-refractivity contribution in [2.45, 2.75) is 27.0 Å². The first-order valence-corrected chi connectivity index (χ1v) is 6.72. The van der Waals surface area contributed by atoms with E-state index in [1.807, 2.05) is 20.9 Å². The van der Waals surface area contributed by atoms with Gasteiger partial charge in [-0.3, -0.25) is 0 Å². The van der Waals surface area contributed by atoms with Crippen molar-refractivity contribution in [1.29, 1.82) is 0 Å². The van der Waals surface area contributed by atoms with Gasteiger partial charge >= 0.3 is 0 Å². The number of rotatable bonds is 5. The molecule has 0 saturated heterocycles. The van der Waals surface area contributed by atoms with E-state index in [1.54, 1.807) is 12.1 Å². The van der Waals surface area contributed by atoms with Gasteiger partial charge in [0.05, 0.1) is 0 Å². The van der Waals surface area contributed by atoms with Gasteiger partial charge in [0.1, 0.15) is 18.2 Å². The molecule has 0 unspecified atom stereocenters. The fourth-order valence-corrected chi connectivity index (χ4v) is 2.31. The van der Waals surface area contributed by atoms with E-state index in [2.05, 4.69) is 17.4 Å². The molecular formula is C17H20FNO. The lowest BCUT2D eigenvalue weighted by Gasteiger charge is -2.14. The van der Waals surface area contributed by atoms with Crippen LogP contribution in [0, 0.1) is 19.7 Å². The Morgan fingerprint density at radius 3 is 2.15 bits per heavy atom. The van der Waals surface area contributed by atoms with E-state index < -0.39 is 0 Å². The van der Waals surface area contributed by atoms with E-state index in [9.17, 15) is 4.39 Å². The van der Waals surface area contributed by atoms with Crippen LogP contribution in [0.4, 0.5) is 4.39 Å². The van der Waals surface area contributed by atoms with Crippen molar-refractivity contribution >= 4 is 0 Å². The minimum absolute atomic E-state index is 0.225. The second-order valence-electron chi connectivity index (χ2n) is 5.00. The molecule has 0 spiro atoms. The normalized spacial score (nSPS) is 10.6. The van der Waals surface area contributed by atoms with E-state index in [4.69, 9.17) is 4.74 Å². The van der Waals surface area contributed by atoms with Crippen LogP contribution in [0.25, 0.3) is 0 Å². The molecule has 2 aromatic carbocycles. The molecule has 0 saturated carbocycles. The lowest BCUT2D eigenvalue weighted by Crippen LogP contribution is -2.06. The second-order valence-corrected chi connectivity index (χ2v) is 5.00. The summed E-state index contributed by atoms with van der Waals surface area (Å²) in [6.45, 7) is 5.39. The molecule has 0 heterocycles. The SMILES string of the molecule is CNCc1cc(C)c(OCc2ccc(F)cc2)c(C)c1. The van der Waals surface area contributed by atoms with Gasteiger partial charge in [-0.25, -0.2) is 4.39 Å². The van der Waals surface area contributed by atoms with Crippen molar-refractivity contribution in [3.05, 3.63) is 64.5 Å². The van der Waals surface area contributed by atoms with Crippen LogP contribution in [0.1, 0.15) is 22.3 Å². The Balaban J connectivity index is 2.11.